The molecule has 0 amide bonds. The molecule has 1 atom stereocenters. The van der Waals surface area contributed by atoms with Crippen molar-refractivity contribution in [3.05, 3.63) is 27.2 Å². The zero-order valence-electron chi connectivity index (χ0n) is 10.1. The van der Waals surface area contributed by atoms with Crippen molar-refractivity contribution in [1.82, 2.24) is 5.32 Å². The summed E-state index contributed by atoms with van der Waals surface area (Å²) < 4.78 is 6.71. The molecule has 1 saturated heterocycles. The molecule has 3 heteroatoms. The van der Waals surface area contributed by atoms with Crippen LogP contribution in [0.1, 0.15) is 35.6 Å². The molecule has 0 bridgehead atoms. The second kappa shape index (κ2) is 4.76. The Morgan fingerprint density at radius 3 is 2.75 bits per heavy atom. The summed E-state index contributed by atoms with van der Waals surface area (Å²) in [5.74, 6) is 1.02. The normalized spacial score (nSPS) is 20.1. The largest absolute Gasteiger partial charge is 0.496 e. The Balaban J connectivity index is 2.50. The first-order valence-electron chi connectivity index (χ1n) is 5.72. The summed E-state index contributed by atoms with van der Waals surface area (Å²) in [7, 11) is 1.75. The zero-order valence-corrected chi connectivity index (χ0v) is 11.6. The standard InChI is InChI=1S/C13H18BrNO/c1-8-7-10(11-5-4-6-15-11)13(16-3)9(2)12(8)14/h7,11,15H,4-6H2,1-3H3. The van der Waals surface area contributed by atoms with E-state index >= 15 is 0 Å². The molecule has 2 nitrogen and oxygen atoms in total. The molecular formula is C13H18BrNO. The monoisotopic (exact) mass is 283 g/mol. The molecule has 0 saturated carbocycles. The topological polar surface area (TPSA) is 21.3 Å². The smallest absolute Gasteiger partial charge is 0.127 e. The molecule has 1 aromatic rings. The number of hydrogen-bond acceptors (Lipinski definition) is 2. The number of aryl methyl sites for hydroxylation is 1. The molecule has 1 aromatic carbocycles. The van der Waals surface area contributed by atoms with Crippen LogP contribution in [0.25, 0.3) is 0 Å². The molecule has 1 fully saturated rings. The third-order valence-electron chi connectivity index (χ3n) is 3.29. The molecule has 16 heavy (non-hydrogen) atoms. The van der Waals surface area contributed by atoms with Crippen LogP contribution < -0.4 is 10.1 Å². The Kier molecular flexibility index (Phi) is 3.55. The highest BCUT2D eigenvalue weighted by atomic mass is 79.9. The lowest BCUT2D eigenvalue weighted by atomic mass is 9.98. The first-order valence-corrected chi connectivity index (χ1v) is 6.51. The predicted molar refractivity (Wildman–Crippen MR) is 70.1 cm³/mol. The fraction of sp³-hybridized carbons (Fsp3) is 0.538. The van der Waals surface area contributed by atoms with Gasteiger partial charge >= 0.3 is 0 Å². The highest BCUT2D eigenvalue weighted by molar-refractivity contribution is 9.10. The quantitative estimate of drug-likeness (QED) is 0.897. The van der Waals surface area contributed by atoms with E-state index in [1.54, 1.807) is 7.11 Å². The highest BCUT2D eigenvalue weighted by Gasteiger charge is 2.22. The lowest BCUT2D eigenvalue weighted by molar-refractivity contribution is 0.399. The van der Waals surface area contributed by atoms with Gasteiger partial charge in [-0.3, -0.25) is 0 Å². The summed E-state index contributed by atoms with van der Waals surface area (Å²) in [5.41, 5.74) is 3.78. The molecule has 0 radical (unpaired) electrons. The first kappa shape index (κ1) is 11.9. The Labute approximate surface area is 106 Å². The SMILES string of the molecule is COc1c(C2CCCN2)cc(C)c(Br)c1C. The second-order valence-electron chi connectivity index (χ2n) is 4.40. The Bertz CT molecular complexity index is 397. The number of halogens is 1. The third-order valence-corrected chi connectivity index (χ3v) is 4.51. The van der Waals surface area contributed by atoms with E-state index in [4.69, 9.17) is 4.74 Å². The van der Waals surface area contributed by atoms with Crippen molar-refractivity contribution in [2.75, 3.05) is 13.7 Å². The van der Waals surface area contributed by atoms with Crippen molar-refractivity contribution < 1.29 is 4.74 Å². The van der Waals surface area contributed by atoms with Crippen molar-refractivity contribution >= 4 is 15.9 Å². The predicted octanol–water partition coefficient (Wildman–Crippen LogP) is 3.50. The van der Waals surface area contributed by atoms with Gasteiger partial charge in [0, 0.05) is 21.6 Å². The van der Waals surface area contributed by atoms with E-state index in [1.807, 2.05) is 0 Å². The van der Waals surface area contributed by atoms with E-state index in [-0.39, 0.29) is 0 Å². The van der Waals surface area contributed by atoms with Crippen molar-refractivity contribution in [1.29, 1.82) is 0 Å². The number of methoxy groups -OCH3 is 1. The van der Waals surface area contributed by atoms with Gasteiger partial charge < -0.3 is 10.1 Å². The molecule has 0 aromatic heterocycles. The van der Waals surface area contributed by atoms with Gasteiger partial charge in [0.2, 0.25) is 0 Å². The minimum Gasteiger partial charge on any atom is -0.496 e. The minimum atomic E-state index is 0.459. The van der Waals surface area contributed by atoms with Gasteiger partial charge in [-0.25, -0.2) is 0 Å². The molecule has 0 spiro atoms. The van der Waals surface area contributed by atoms with Crippen LogP contribution in [0.15, 0.2) is 10.5 Å². The lowest BCUT2D eigenvalue weighted by Gasteiger charge is -2.19. The molecule has 88 valence electrons. The molecule has 1 heterocycles. The Morgan fingerprint density at radius 2 is 2.19 bits per heavy atom. The maximum Gasteiger partial charge on any atom is 0.127 e. The van der Waals surface area contributed by atoms with Crippen LogP contribution in [0.2, 0.25) is 0 Å². The average molecular weight is 284 g/mol. The van der Waals surface area contributed by atoms with Gasteiger partial charge in [-0.15, -0.1) is 0 Å². The summed E-state index contributed by atoms with van der Waals surface area (Å²) in [6.45, 7) is 5.35. The van der Waals surface area contributed by atoms with Gasteiger partial charge in [-0.05, 0) is 44.9 Å². The van der Waals surface area contributed by atoms with E-state index in [1.165, 1.54) is 29.5 Å². The number of nitrogens with one attached hydrogen (secondary N) is 1. The van der Waals surface area contributed by atoms with E-state index in [0.717, 1.165) is 16.8 Å². The molecule has 1 N–H and O–H groups in total. The molecular weight excluding hydrogens is 266 g/mol. The minimum absolute atomic E-state index is 0.459. The molecule has 1 aliphatic rings. The van der Waals surface area contributed by atoms with E-state index in [0.29, 0.717) is 6.04 Å². The van der Waals surface area contributed by atoms with Crippen molar-refractivity contribution in [3.8, 4) is 5.75 Å². The molecule has 2 rings (SSSR count). The van der Waals surface area contributed by atoms with E-state index in [9.17, 15) is 0 Å². The van der Waals surface area contributed by atoms with Gasteiger partial charge in [-0.2, -0.15) is 0 Å². The van der Waals surface area contributed by atoms with Gasteiger partial charge in [0.1, 0.15) is 5.75 Å². The van der Waals surface area contributed by atoms with Crippen LogP contribution in [-0.4, -0.2) is 13.7 Å². The van der Waals surface area contributed by atoms with Crippen LogP contribution in [0.3, 0.4) is 0 Å². The Hall–Kier alpha value is -0.540. The summed E-state index contributed by atoms with van der Waals surface area (Å²) in [6, 6.07) is 2.69. The number of rotatable bonds is 2. The highest BCUT2D eigenvalue weighted by Crippen LogP contribution is 2.38. The summed E-state index contributed by atoms with van der Waals surface area (Å²) in [6.07, 6.45) is 2.46. The summed E-state index contributed by atoms with van der Waals surface area (Å²) in [4.78, 5) is 0. The molecule has 1 aliphatic heterocycles. The van der Waals surface area contributed by atoms with Gasteiger partial charge in [0.05, 0.1) is 7.11 Å². The molecule has 0 aliphatic carbocycles. The maximum atomic E-state index is 5.55. The summed E-state index contributed by atoms with van der Waals surface area (Å²) >= 11 is 3.61. The number of hydrogen-bond donors (Lipinski definition) is 1. The summed E-state index contributed by atoms with van der Waals surface area (Å²) in [5, 5.41) is 3.53. The fourth-order valence-corrected chi connectivity index (χ4v) is 2.75. The molecule has 1 unspecified atom stereocenters. The van der Waals surface area contributed by atoms with Crippen molar-refractivity contribution in [3.63, 3.8) is 0 Å². The average Bonchev–Trinajstić information content (AvgIpc) is 2.79. The van der Waals surface area contributed by atoms with Crippen molar-refractivity contribution in [2.45, 2.75) is 32.7 Å². The lowest BCUT2D eigenvalue weighted by Crippen LogP contribution is -2.14. The maximum absolute atomic E-state index is 5.55. The van der Waals surface area contributed by atoms with Crippen LogP contribution in [0.4, 0.5) is 0 Å². The zero-order chi connectivity index (χ0) is 11.7. The van der Waals surface area contributed by atoms with Gasteiger partial charge in [-0.1, -0.05) is 15.9 Å². The van der Waals surface area contributed by atoms with E-state index < -0.39 is 0 Å². The third kappa shape index (κ3) is 1.98. The Morgan fingerprint density at radius 1 is 1.44 bits per heavy atom. The van der Waals surface area contributed by atoms with Crippen LogP contribution in [0.5, 0.6) is 5.75 Å². The van der Waals surface area contributed by atoms with Gasteiger partial charge in [0.25, 0.3) is 0 Å². The van der Waals surface area contributed by atoms with Crippen LogP contribution in [0, 0.1) is 13.8 Å². The van der Waals surface area contributed by atoms with E-state index in [2.05, 4.69) is 41.2 Å². The first-order chi connectivity index (χ1) is 7.65. The number of ether oxygens (including phenoxy) is 1. The van der Waals surface area contributed by atoms with Crippen LogP contribution >= 0.6 is 15.9 Å². The van der Waals surface area contributed by atoms with Crippen molar-refractivity contribution in [2.24, 2.45) is 0 Å². The second-order valence-corrected chi connectivity index (χ2v) is 5.20. The van der Waals surface area contributed by atoms with Crippen LogP contribution in [-0.2, 0) is 0 Å². The fourth-order valence-electron chi connectivity index (χ4n) is 2.45. The van der Waals surface area contributed by atoms with Gasteiger partial charge in [0.15, 0.2) is 0 Å². The number of benzene rings is 1.